The molecular weight excluding hydrogens is 336 g/mol. The van der Waals surface area contributed by atoms with Gasteiger partial charge in [-0.15, -0.1) is 0 Å². The highest BCUT2D eigenvalue weighted by atomic mass is 127. The highest BCUT2D eigenvalue weighted by Gasteiger charge is 2.18. The normalized spacial score (nSPS) is 19.9. The zero-order chi connectivity index (χ0) is 12.4. The third-order valence-corrected chi connectivity index (χ3v) is 3.54. The Labute approximate surface area is 112 Å². The van der Waals surface area contributed by atoms with Gasteiger partial charge < -0.3 is 16.4 Å². The van der Waals surface area contributed by atoms with Crippen LogP contribution in [0.25, 0.3) is 0 Å². The van der Waals surface area contributed by atoms with Gasteiger partial charge in [-0.2, -0.15) is 0 Å². The van der Waals surface area contributed by atoms with Gasteiger partial charge in [-0.05, 0) is 35.1 Å². The van der Waals surface area contributed by atoms with Crippen LogP contribution in [0.15, 0.2) is 12.1 Å². The van der Waals surface area contributed by atoms with Crippen LogP contribution < -0.4 is 16.4 Å². The summed E-state index contributed by atoms with van der Waals surface area (Å²) in [4.78, 5) is 11.0. The summed E-state index contributed by atoms with van der Waals surface area (Å²) >= 11 is 1.90. The Hall–Kier alpha value is -1.05. The fourth-order valence-electron chi connectivity index (χ4n) is 1.76. The number of halogens is 2. The van der Waals surface area contributed by atoms with E-state index in [1.807, 2.05) is 22.6 Å². The number of hydrogen-bond acceptors (Lipinski definition) is 3. The summed E-state index contributed by atoms with van der Waals surface area (Å²) in [7, 11) is 0. The van der Waals surface area contributed by atoms with E-state index in [2.05, 4.69) is 10.6 Å². The highest BCUT2D eigenvalue weighted by molar-refractivity contribution is 14.1. The van der Waals surface area contributed by atoms with Crippen LogP contribution in [0.1, 0.15) is 12.8 Å². The van der Waals surface area contributed by atoms with E-state index < -0.39 is 0 Å². The first-order chi connectivity index (χ1) is 8.06. The summed E-state index contributed by atoms with van der Waals surface area (Å²) in [5, 5.41) is 5.91. The first-order valence-corrected chi connectivity index (χ1v) is 6.42. The lowest BCUT2D eigenvalue weighted by molar-refractivity contribution is -0.122. The highest BCUT2D eigenvalue weighted by Crippen LogP contribution is 2.25. The average Bonchev–Trinajstić information content (AvgIpc) is 2.29. The van der Waals surface area contributed by atoms with E-state index in [1.165, 1.54) is 6.07 Å². The smallest absolute Gasteiger partial charge is 0.220 e. The summed E-state index contributed by atoms with van der Waals surface area (Å²) in [6, 6.07) is 3.10. The number of anilines is 2. The van der Waals surface area contributed by atoms with E-state index in [9.17, 15) is 9.18 Å². The second-order valence-corrected chi connectivity index (χ2v) is 5.20. The maximum Gasteiger partial charge on any atom is 0.220 e. The molecule has 1 amide bonds. The molecular formula is C11H13FIN3O. The van der Waals surface area contributed by atoms with E-state index in [1.54, 1.807) is 6.07 Å². The minimum atomic E-state index is -0.290. The van der Waals surface area contributed by atoms with Crippen molar-refractivity contribution < 1.29 is 9.18 Å². The third kappa shape index (κ3) is 2.99. The number of nitrogens with one attached hydrogen (secondary N) is 2. The van der Waals surface area contributed by atoms with Crippen molar-refractivity contribution in [3.05, 3.63) is 21.5 Å². The largest absolute Gasteiger partial charge is 0.397 e. The molecule has 0 saturated carbocycles. The van der Waals surface area contributed by atoms with Gasteiger partial charge in [-0.3, -0.25) is 4.79 Å². The van der Waals surface area contributed by atoms with Gasteiger partial charge in [0.25, 0.3) is 0 Å². The molecule has 0 spiro atoms. The predicted molar refractivity (Wildman–Crippen MR) is 73.2 cm³/mol. The fraction of sp³-hybridized carbons (Fsp3) is 0.364. The van der Waals surface area contributed by atoms with Crippen LogP contribution >= 0.6 is 22.6 Å². The molecule has 2 rings (SSSR count). The van der Waals surface area contributed by atoms with Crippen LogP contribution in [-0.2, 0) is 4.79 Å². The molecule has 1 aliphatic rings. The number of benzene rings is 1. The third-order valence-electron chi connectivity index (χ3n) is 2.72. The summed E-state index contributed by atoms with van der Waals surface area (Å²) in [5.74, 6) is -0.230. The minimum Gasteiger partial charge on any atom is -0.397 e. The molecule has 1 aromatic rings. The van der Waals surface area contributed by atoms with Crippen molar-refractivity contribution in [3.8, 4) is 0 Å². The number of carbonyl (C=O) groups excluding carboxylic acids is 1. The first-order valence-electron chi connectivity index (χ1n) is 5.34. The molecule has 4 N–H and O–H groups in total. The van der Waals surface area contributed by atoms with Gasteiger partial charge in [0.15, 0.2) is 0 Å². The maximum absolute atomic E-state index is 13.4. The Kier molecular flexibility index (Phi) is 3.70. The van der Waals surface area contributed by atoms with Crippen LogP contribution in [0.5, 0.6) is 0 Å². The molecule has 1 saturated heterocycles. The maximum atomic E-state index is 13.4. The summed E-state index contributed by atoms with van der Waals surface area (Å²) < 4.78 is 13.9. The van der Waals surface area contributed by atoms with E-state index in [0.29, 0.717) is 27.9 Å². The fourth-order valence-corrected chi connectivity index (χ4v) is 2.25. The molecule has 17 heavy (non-hydrogen) atoms. The van der Waals surface area contributed by atoms with Crippen molar-refractivity contribution in [1.82, 2.24) is 5.32 Å². The number of carbonyl (C=O) groups is 1. The Bertz CT molecular complexity index is 443. The SMILES string of the molecule is Nc1cc(I)c(F)cc1NC1CCC(=O)NC1. The van der Waals surface area contributed by atoms with Gasteiger partial charge in [0.1, 0.15) is 5.82 Å². The predicted octanol–water partition coefficient (Wildman–Crippen LogP) is 1.70. The zero-order valence-electron chi connectivity index (χ0n) is 9.09. The molecule has 1 atom stereocenters. The van der Waals surface area contributed by atoms with Crippen LogP contribution in [0, 0.1) is 9.39 Å². The molecule has 1 unspecified atom stereocenters. The number of piperidine rings is 1. The van der Waals surface area contributed by atoms with Crippen molar-refractivity contribution in [2.24, 2.45) is 0 Å². The standard InChI is InChI=1S/C11H13FIN3O/c12-7-3-10(9(14)4-8(7)13)16-6-1-2-11(17)15-5-6/h3-4,6,16H,1-2,5,14H2,(H,15,17). The van der Waals surface area contributed by atoms with Gasteiger partial charge in [0, 0.05) is 25.1 Å². The van der Waals surface area contributed by atoms with Crippen LogP contribution in [0.3, 0.4) is 0 Å². The second-order valence-electron chi connectivity index (χ2n) is 4.04. The van der Waals surface area contributed by atoms with Gasteiger partial charge in [0.2, 0.25) is 5.91 Å². The molecule has 0 radical (unpaired) electrons. The van der Waals surface area contributed by atoms with Crippen molar-refractivity contribution in [3.63, 3.8) is 0 Å². The van der Waals surface area contributed by atoms with Crippen LogP contribution in [0.4, 0.5) is 15.8 Å². The van der Waals surface area contributed by atoms with Crippen molar-refractivity contribution in [1.29, 1.82) is 0 Å². The van der Waals surface area contributed by atoms with E-state index in [4.69, 9.17) is 5.73 Å². The lowest BCUT2D eigenvalue weighted by atomic mass is 10.1. The van der Waals surface area contributed by atoms with E-state index in [-0.39, 0.29) is 17.8 Å². The summed E-state index contributed by atoms with van der Waals surface area (Å²) in [5.41, 5.74) is 6.92. The molecule has 0 bridgehead atoms. The van der Waals surface area contributed by atoms with Gasteiger partial charge in [-0.1, -0.05) is 0 Å². The monoisotopic (exact) mass is 349 g/mol. The molecule has 0 aromatic heterocycles. The van der Waals surface area contributed by atoms with E-state index in [0.717, 1.165) is 6.42 Å². The topological polar surface area (TPSA) is 67.1 Å². The molecule has 1 fully saturated rings. The molecule has 1 aromatic carbocycles. The minimum absolute atomic E-state index is 0.0600. The Morgan fingerprint density at radius 2 is 2.29 bits per heavy atom. The Balaban J connectivity index is 2.08. The number of amides is 1. The lowest BCUT2D eigenvalue weighted by Gasteiger charge is -2.25. The zero-order valence-corrected chi connectivity index (χ0v) is 11.3. The van der Waals surface area contributed by atoms with Gasteiger partial charge >= 0.3 is 0 Å². The first kappa shape index (κ1) is 12.4. The van der Waals surface area contributed by atoms with Crippen molar-refractivity contribution >= 4 is 39.9 Å². The number of hydrogen-bond donors (Lipinski definition) is 3. The average molecular weight is 349 g/mol. The Morgan fingerprint density at radius 1 is 1.53 bits per heavy atom. The van der Waals surface area contributed by atoms with Gasteiger partial charge in [0.05, 0.1) is 14.9 Å². The lowest BCUT2D eigenvalue weighted by Crippen LogP contribution is -2.42. The Morgan fingerprint density at radius 3 is 2.94 bits per heavy atom. The molecule has 0 aliphatic carbocycles. The summed E-state index contributed by atoms with van der Waals surface area (Å²) in [6.07, 6.45) is 1.23. The number of nitrogens with two attached hydrogens (primary N) is 1. The molecule has 4 nitrogen and oxygen atoms in total. The molecule has 1 aliphatic heterocycles. The van der Waals surface area contributed by atoms with Gasteiger partial charge in [-0.25, -0.2) is 4.39 Å². The summed E-state index contributed by atoms with van der Waals surface area (Å²) in [6.45, 7) is 0.547. The number of rotatable bonds is 2. The quantitative estimate of drug-likeness (QED) is 0.563. The second kappa shape index (κ2) is 5.07. The van der Waals surface area contributed by atoms with Crippen LogP contribution in [0.2, 0.25) is 0 Å². The van der Waals surface area contributed by atoms with E-state index >= 15 is 0 Å². The van der Waals surface area contributed by atoms with Crippen molar-refractivity contribution in [2.75, 3.05) is 17.6 Å². The van der Waals surface area contributed by atoms with Crippen LogP contribution in [-0.4, -0.2) is 18.5 Å². The van der Waals surface area contributed by atoms with Crippen molar-refractivity contribution in [2.45, 2.75) is 18.9 Å². The molecule has 1 heterocycles. The molecule has 92 valence electrons. The number of nitrogen functional groups attached to an aromatic ring is 1. The molecule has 6 heteroatoms.